The third kappa shape index (κ3) is 3.14. The summed E-state index contributed by atoms with van der Waals surface area (Å²) in [6.45, 7) is 2.12. The highest BCUT2D eigenvalue weighted by molar-refractivity contribution is 9.10. The van der Waals surface area contributed by atoms with Crippen LogP contribution >= 0.6 is 27.7 Å². The SMILES string of the molecule is CCCSc1cccc(Br)c1/C(N)=N/O. The van der Waals surface area contributed by atoms with Crippen LogP contribution in [-0.2, 0) is 0 Å². The van der Waals surface area contributed by atoms with E-state index in [4.69, 9.17) is 10.9 Å². The zero-order valence-corrected chi connectivity index (χ0v) is 10.8. The van der Waals surface area contributed by atoms with E-state index >= 15 is 0 Å². The van der Waals surface area contributed by atoms with Gasteiger partial charge >= 0.3 is 0 Å². The van der Waals surface area contributed by atoms with Crippen LogP contribution in [-0.4, -0.2) is 16.8 Å². The average molecular weight is 289 g/mol. The third-order valence-corrected chi connectivity index (χ3v) is 3.73. The predicted octanol–water partition coefficient (Wildman–Crippen LogP) is 3.05. The number of hydrogen-bond acceptors (Lipinski definition) is 3. The van der Waals surface area contributed by atoms with Crippen molar-refractivity contribution in [2.45, 2.75) is 18.2 Å². The third-order valence-electron chi connectivity index (χ3n) is 1.80. The molecule has 0 aliphatic heterocycles. The fourth-order valence-electron chi connectivity index (χ4n) is 1.14. The Labute approximate surface area is 102 Å². The minimum absolute atomic E-state index is 0.140. The van der Waals surface area contributed by atoms with Gasteiger partial charge in [-0.15, -0.1) is 11.8 Å². The summed E-state index contributed by atoms with van der Waals surface area (Å²) in [7, 11) is 0. The summed E-state index contributed by atoms with van der Waals surface area (Å²) in [6, 6.07) is 5.79. The second-order valence-electron chi connectivity index (χ2n) is 2.95. The molecule has 0 spiro atoms. The highest BCUT2D eigenvalue weighted by atomic mass is 79.9. The Bertz CT molecular complexity index is 368. The van der Waals surface area contributed by atoms with Crippen molar-refractivity contribution in [2.75, 3.05) is 5.75 Å². The number of hydrogen-bond donors (Lipinski definition) is 2. The van der Waals surface area contributed by atoms with Crippen LogP contribution in [0.2, 0.25) is 0 Å². The molecule has 0 aromatic heterocycles. The van der Waals surface area contributed by atoms with Gasteiger partial charge < -0.3 is 10.9 Å². The molecule has 0 saturated carbocycles. The van der Waals surface area contributed by atoms with Gasteiger partial charge in [0.15, 0.2) is 5.84 Å². The lowest BCUT2D eigenvalue weighted by molar-refractivity contribution is 0.318. The lowest BCUT2D eigenvalue weighted by Crippen LogP contribution is -2.15. The van der Waals surface area contributed by atoms with Gasteiger partial charge in [0.2, 0.25) is 0 Å². The van der Waals surface area contributed by atoms with Gasteiger partial charge in [0.1, 0.15) is 0 Å². The number of nitrogens with zero attached hydrogens (tertiary/aromatic N) is 1. The van der Waals surface area contributed by atoms with Gasteiger partial charge in [-0.3, -0.25) is 0 Å². The molecule has 0 heterocycles. The van der Waals surface area contributed by atoms with Gasteiger partial charge in [-0.25, -0.2) is 0 Å². The molecule has 0 fully saturated rings. The van der Waals surface area contributed by atoms with Gasteiger partial charge in [0, 0.05) is 14.9 Å². The number of amidine groups is 1. The molecule has 0 aliphatic carbocycles. The van der Waals surface area contributed by atoms with E-state index in [2.05, 4.69) is 28.0 Å². The largest absolute Gasteiger partial charge is 0.409 e. The Hall–Kier alpha value is -0.680. The van der Waals surface area contributed by atoms with Crippen molar-refractivity contribution >= 4 is 33.5 Å². The number of thioether (sulfide) groups is 1. The van der Waals surface area contributed by atoms with Gasteiger partial charge in [-0.2, -0.15) is 0 Å². The van der Waals surface area contributed by atoms with Crippen LogP contribution in [0.1, 0.15) is 18.9 Å². The Kier molecular flexibility index (Phi) is 4.98. The van der Waals surface area contributed by atoms with Gasteiger partial charge in [0.05, 0.1) is 0 Å². The lowest BCUT2D eigenvalue weighted by atomic mass is 10.2. The van der Waals surface area contributed by atoms with Crippen LogP contribution in [0.25, 0.3) is 0 Å². The minimum atomic E-state index is 0.140. The monoisotopic (exact) mass is 288 g/mol. The van der Waals surface area contributed by atoms with Gasteiger partial charge in [-0.05, 0) is 40.2 Å². The van der Waals surface area contributed by atoms with Crippen LogP contribution in [0.5, 0.6) is 0 Å². The molecule has 0 bridgehead atoms. The maximum atomic E-state index is 8.70. The van der Waals surface area contributed by atoms with Gasteiger partial charge in [0.25, 0.3) is 0 Å². The molecule has 0 atom stereocenters. The normalized spacial score (nSPS) is 11.7. The Morgan fingerprint density at radius 1 is 1.60 bits per heavy atom. The van der Waals surface area contributed by atoms with Crippen LogP contribution in [0.15, 0.2) is 32.7 Å². The summed E-state index contributed by atoms with van der Waals surface area (Å²) in [6.07, 6.45) is 1.09. The van der Waals surface area contributed by atoms with E-state index in [0.29, 0.717) is 0 Å². The number of rotatable bonds is 4. The Balaban J connectivity index is 3.09. The molecule has 3 N–H and O–H groups in total. The number of oxime groups is 1. The molecule has 1 aromatic rings. The first-order valence-electron chi connectivity index (χ1n) is 4.60. The molecule has 5 heteroatoms. The summed E-state index contributed by atoms with van der Waals surface area (Å²) in [5.74, 6) is 1.16. The molecule has 0 aliphatic rings. The number of halogens is 1. The topological polar surface area (TPSA) is 58.6 Å². The molecular weight excluding hydrogens is 276 g/mol. The highest BCUT2D eigenvalue weighted by Gasteiger charge is 2.10. The molecule has 0 saturated heterocycles. The minimum Gasteiger partial charge on any atom is -0.409 e. The molecule has 1 aromatic carbocycles. The second-order valence-corrected chi connectivity index (χ2v) is 4.94. The quantitative estimate of drug-likeness (QED) is 0.294. The van der Waals surface area contributed by atoms with E-state index in [-0.39, 0.29) is 5.84 Å². The van der Waals surface area contributed by atoms with Crippen molar-refractivity contribution in [3.8, 4) is 0 Å². The summed E-state index contributed by atoms with van der Waals surface area (Å²) in [5, 5.41) is 11.7. The molecular formula is C10H13BrN2OS. The van der Waals surface area contributed by atoms with E-state index in [1.807, 2.05) is 18.2 Å². The predicted molar refractivity (Wildman–Crippen MR) is 67.7 cm³/mol. The second kappa shape index (κ2) is 6.02. The zero-order chi connectivity index (χ0) is 11.3. The van der Waals surface area contributed by atoms with Crippen LogP contribution in [0.4, 0.5) is 0 Å². The van der Waals surface area contributed by atoms with Crippen LogP contribution < -0.4 is 5.73 Å². The maximum Gasteiger partial charge on any atom is 0.172 e. The lowest BCUT2D eigenvalue weighted by Gasteiger charge is -2.09. The molecule has 0 unspecified atom stereocenters. The molecule has 0 amide bonds. The van der Waals surface area contributed by atoms with E-state index in [1.165, 1.54) is 0 Å². The average Bonchev–Trinajstić information content (AvgIpc) is 2.25. The highest BCUT2D eigenvalue weighted by Crippen LogP contribution is 2.28. The molecule has 0 radical (unpaired) electrons. The van der Waals surface area contributed by atoms with Crippen LogP contribution in [0.3, 0.4) is 0 Å². The van der Waals surface area contributed by atoms with Crippen LogP contribution in [0, 0.1) is 0 Å². The summed E-state index contributed by atoms with van der Waals surface area (Å²) >= 11 is 5.10. The van der Waals surface area contributed by atoms with Crippen molar-refractivity contribution in [1.29, 1.82) is 0 Å². The van der Waals surface area contributed by atoms with E-state index < -0.39 is 0 Å². The van der Waals surface area contributed by atoms with Crippen molar-refractivity contribution in [3.63, 3.8) is 0 Å². The molecule has 82 valence electrons. The fraction of sp³-hybridized carbons (Fsp3) is 0.300. The van der Waals surface area contributed by atoms with E-state index in [9.17, 15) is 0 Å². The summed E-state index contributed by atoms with van der Waals surface area (Å²) in [5.41, 5.74) is 6.39. The number of benzene rings is 1. The maximum absolute atomic E-state index is 8.70. The standard InChI is InChI=1S/C10H13BrN2OS/c1-2-6-15-8-5-3-4-7(11)9(8)10(12)13-14/h3-5,14H,2,6H2,1H3,(H2,12,13). The number of nitrogens with two attached hydrogens (primary N) is 1. The summed E-state index contributed by atoms with van der Waals surface area (Å²) < 4.78 is 0.846. The molecule has 15 heavy (non-hydrogen) atoms. The smallest absolute Gasteiger partial charge is 0.172 e. The van der Waals surface area contributed by atoms with Gasteiger partial charge in [-0.1, -0.05) is 18.1 Å². The molecule has 1 rings (SSSR count). The first kappa shape index (κ1) is 12.4. The molecule has 3 nitrogen and oxygen atoms in total. The Morgan fingerprint density at radius 3 is 2.93 bits per heavy atom. The zero-order valence-electron chi connectivity index (χ0n) is 8.40. The Morgan fingerprint density at radius 2 is 2.33 bits per heavy atom. The summed E-state index contributed by atoms with van der Waals surface area (Å²) in [4.78, 5) is 1.03. The van der Waals surface area contributed by atoms with Crippen molar-refractivity contribution in [2.24, 2.45) is 10.9 Å². The van der Waals surface area contributed by atoms with Crippen molar-refractivity contribution in [3.05, 3.63) is 28.2 Å². The van der Waals surface area contributed by atoms with Crippen molar-refractivity contribution in [1.82, 2.24) is 0 Å². The first-order chi connectivity index (χ1) is 7.20. The van der Waals surface area contributed by atoms with E-state index in [1.54, 1.807) is 11.8 Å². The van der Waals surface area contributed by atoms with E-state index in [0.717, 1.165) is 27.1 Å². The van der Waals surface area contributed by atoms with Crippen molar-refractivity contribution < 1.29 is 5.21 Å². The first-order valence-corrected chi connectivity index (χ1v) is 6.37. The fourth-order valence-corrected chi connectivity index (χ4v) is 2.79.